The zero-order chi connectivity index (χ0) is 17.2. The molecule has 2 atom stereocenters. The lowest BCUT2D eigenvalue weighted by molar-refractivity contribution is 1.10. The van der Waals surface area contributed by atoms with Crippen LogP contribution in [0.4, 0.5) is 0 Å². The van der Waals surface area contributed by atoms with Gasteiger partial charge in [-0.3, -0.25) is 0 Å². The molecule has 0 aromatic carbocycles. The molecule has 0 saturated heterocycles. The Bertz CT molecular complexity index is 208. The molecule has 0 N–H and O–H groups in total. The lowest BCUT2D eigenvalue weighted by Gasteiger charge is -2.13. The highest BCUT2D eigenvalue weighted by Gasteiger charge is 2.07. The Balaban J connectivity index is 3.30. The fourth-order valence-electron chi connectivity index (χ4n) is 1.52. The van der Waals surface area contributed by atoms with Crippen LogP contribution >= 0.6 is 96.7 Å². The third-order valence-electron chi connectivity index (χ3n) is 2.57. The Hall–Kier alpha value is 2.80. The summed E-state index contributed by atoms with van der Waals surface area (Å²) in [6, 6.07) is 0. The maximum absolute atomic E-state index is 4.71. The normalized spacial score (nSPS) is 14.1. The van der Waals surface area contributed by atoms with Crippen molar-refractivity contribution in [3.63, 3.8) is 0 Å². The highest BCUT2D eigenvalue weighted by molar-refractivity contribution is 8.04. The number of thioether (sulfide) groups is 5. The van der Waals surface area contributed by atoms with Crippen LogP contribution in [0.15, 0.2) is 0 Å². The Morgan fingerprint density at radius 3 is 1.52 bits per heavy atom. The topological polar surface area (TPSA) is 0 Å². The van der Waals surface area contributed by atoms with E-state index in [2.05, 4.69) is 43.1 Å². The lowest BCUT2D eigenvalue weighted by Crippen LogP contribution is -2.12. The van der Waals surface area contributed by atoms with E-state index in [-0.39, 0.29) is 0 Å². The van der Waals surface area contributed by atoms with E-state index in [9.17, 15) is 0 Å². The van der Waals surface area contributed by atoms with E-state index >= 15 is 0 Å². The minimum absolute atomic E-state index is 0.513. The summed E-state index contributed by atoms with van der Waals surface area (Å²) in [4.78, 5) is 0. The van der Waals surface area contributed by atoms with Gasteiger partial charge in [0.15, 0.2) is 0 Å². The maximum Gasteiger partial charge on any atom is 0.0198 e. The van der Waals surface area contributed by atoms with Crippen molar-refractivity contribution in [3.05, 3.63) is 0 Å². The van der Waals surface area contributed by atoms with Crippen LogP contribution in [0.2, 0.25) is 0 Å². The van der Waals surface area contributed by atoms with Crippen molar-refractivity contribution in [1.82, 2.24) is 0 Å². The second-order valence-electron chi connectivity index (χ2n) is 4.94. The van der Waals surface area contributed by atoms with Crippen molar-refractivity contribution in [2.45, 2.75) is 23.8 Å². The van der Waals surface area contributed by atoms with Gasteiger partial charge >= 0.3 is 0 Å². The van der Waals surface area contributed by atoms with Gasteiger partial charge in [0.2, 0.25) is 0 Å². The summed E-state index contributed by atoms with van der Waals surface area (Å²) in [6.45, 7) is 2.25. The molecule has 0 aliphatic rings. The second kappa shape index (κ2) is 21.1. The molecule has 0 saturated carbocycles. The zero-order valence-electron chi connectivity index (χ0n) is 14.0. The van der Waals surface area contributed by atoms with E-state index in [0.29, 0.717) is 10.5 Å². The van der Waals surface area contributed by atoms with Crippen molar-refractivity contribution in [1.29, 1.82) is 0 Å². The van der Waals surface area contributed by atoms with E-state index in [1.165, 1.54) is 46.7 Å². The van der Waals surface area contributed by atoms with Crippen LogP contribution in [-0.2, 0) is 0 Å². The Kier molecular flexibility index (Phi) is 23.7. The number of thiol groups is 3. The summed E-state index contributed by atoms with van der Waals surface area (Å²) in [5.74, 6) is 13.1. The molecule has 0 radical (unpaired) electrons. The van der Waals surface area contributed by atoms with Crippen LogP contribution in [-0.4, -0.2) is 73.8 Å². The molecule has 8 heteroatoms. The van der Waals surface area contributed by atoms with Crippen molar-refractivity contribution in [3.8, 4) is 0 Å². The standard InChI is InChI=1S/C15H32S8/c1-2-4-19-6-8-21-10-14(17)12-23-13-15(18)11-22-9-7-20-5-3-16/h14-18H,2-13H2,1H3. The molecule has 0 fully saturated rings. The second-order valence-corrected chi connectivity index (χ2v) is 12.7. The molecule has 0 spiro atoms. The first-order valence-corrected chi connectivity index (χ1v) is 15.5. The zero-order valence-corrected chi connectivity index (χ0v) is 20.8. The van der Waals surface area contributed by atoms with Gasteiger partial charge in [-0.15, -0.1) is 0 Å². The molecule has 0 aliphatic heterocycles. The molecule has 0 aliphatic carbocycles. The number of rotatable bonds is 18. The summed E-state index contributed by atoms with van der Waals surface area (Å²) in [5, 5.41) is 1.03. The van der Waals surface area contributed by atoms with Crippen molar-refractivity contribution >= 4 is 96.7 Å². The van der Waals surface area contributed by atoms with Crippen LogP contribution in [0.25, 0.3) is 0 Å². The predicted octanol–water partition coefficient (Wildman–Crippen LogP) is 5.59. The van der Waals surface area contributed by atoms with Gasteiger partial charge in [0.05, 0.1) is 0 Å². The third-order valence-corrected chi connectivity index (χ3v) is 11.0. The van der Waals surface area contributed by atoms with E-state index in [4.69, 9.17) is 25.3 Å². The van der Waals surface area contributed by atoms with Crippen molar-refractivity contribution < 1.29 is 0 Å². The third kappa shape index (κ3) is 21.0. The average Bonchev–Trinajstić information content (AvgIpc) is 2.54. The van der Waals surface area contributed by atoms with Crippen LogP contribution in [0.1, 0.15) is 13.3 Å². The molecule has 0 rings (SSSR count). The van der Waals surface area contributed by atoms with Gasteiger partial charge < -0.3 is 0 Å². The largest absolute Gasteiger partial charge is 0.179 e. The Labute approximate surface area is 182 Å². The molecule has 0 aromatic rings. The highest BCUT2D eigenvalue weighted by atomic mass is 32.2. The summed E-state index contributed by atoms with van der Waals surface area (Å²) in [7, 11) is 0. The van der Waals surface area contributed by atoms with Gasteiger partial charge in [-0.2, -0.15) is 96.7 Å². The summed E-state index contributed by atoms with van der Waals surface area (Å²) in [5.41, 5.74) is 0. The fraction of sp³-hybridized carbons (Fsp3) is 1.00. The highest BCUT2D eigenvalue weighted by Crippen LogP contribution is 2.19. The van der Waals surface area contributed by atoms with Crippen molar-refractivity contribution in [2.75, 3.05) is 63.3 Å². The first kappa shape index (κ1) is 25.8. The molecular formula is C15H32S8. The smallest absolute Gasteiger partial charge is 0.0198 e. The quantitative estimate of drug-likeness (QED) is 0.177. The minimum Gasteiger partial charge on any atom is -0.179 e. The summed E-state index contributed by atoms with van der Waals surface area (Å²) >= 11 is 23.8. The number of hydrogen-bond acceptors (Lipinski definition) is 8. The van der Waals surface area contributed by atoms with E-state index in [1.807, 2.05) is 35.3 Å². The van der Waals surface area contributed by atoms with Gasteiger partial charge in [0, 0.05) is 62.3 Å². The van der Waals surface area contributed by atoms with Gasteiger partial charge in [-0.1, -0.05) is 6.92 Å². The number of hydrogen-bond donors (Lipinski definition) is 3. The van der Waals surface area contributed by atoms with Gasteiger partial charge in [-0.25, -0.2) is 0 Å². The molecule has 0 heterocycles. The molecule has 2 unspecified atom stereocenters. The van der Waals surface area contributed by atoms with Crippen molar-refractivity contribution in [2.24, 2.45) is 0 Å². The SMILES string of the molecule is CCCSCCSCC(S)CSCC(S)CSCCSCCS. The van der Waals surface area contributed by atoms with Crippen LogP contribution in [0, 0.1) is 0 Å². The fourth-order valence-corrected chi connectivity index (χ4v) is 8.22. The molecule has 0 bridgehead atoms. The molecule has 23 heavy (non-hydrogen) atoms. The maximum atomic E-state index is 4.71. The van der Waals surface area contributed by atoms with Crippen LogP contribution in [0.5, 0.6) is 0 Å². The van der Waals surface area contributed by atoms with Crippen LogP contribution < -0.4 is 0 Å². The molecular weight excluding hydrogens is 437 g/mol. The Morgan fingerprint density at radius 2 is 1.04 bits per heavy atom. The average molecular weight is 469 g/mol. The first-order chi connectivity index (χ1) is 11.2. The molecule has 0 nitrogen and oxygen atoms in total. The van der Waals surface area contributed by atoms with Gasteiger partial charge in [0.25, 0.3) is 0 Å². The van der Waals surface area contributed by atoms with E-state index in [0.717, 1.165) is 23.0 Å². The molecule has 0 amide bonds. The molecule has 0 aromatic heterocycles. The van der Waals surface area contributed by atoms with Gasteiger partial charge in [-0.05, 0) is 17.9 Å². The van der Waals surface area contributed by atoms with E-state index in [1.54, 1.807) is 0 Å². The van der Waals surface area contributed by atoms with E-state index < -0.39 is 0 Å². The first-order valence-electron chi connectivity index (χ1n) is 8.06. The van der Waals surface area contributed by atoms with Gasteiger partial charge in [0.1, 0.15) is 0 Å². The van der Waals surface area contributed by atoms with Crippen LogP contribution in [0.3, 0.4) is 0 Å². The Morgan fingerprint density at radius 1 is 0.609 bits per heavy atom. The minimum atomic E-state index is 0.513. The monoisotopic (exact) mass is 468 g/mol. The predicted molar refractivity (Wildman–Crippen MR) is 136 cm³/mol. The summed E-state index contributed by atoms with van der Waals surface area (Å²) in [6.07, 6.45) is 1.29. The summed E-state index contributed by atoms with van der Waals surface area (Å²) < 4.78 is 0. The molecule has 140 valence electrons. The lowest BCUT2D eigenvalue weighted by atomic mass is 10.5.